The van der Waals surface area contributed by atoms with E-state index in [1.165, 1.54) is 0 Å². The number of Topliss-reactive ketones (excluding diaryl/α,β-unsaturated/α-hetero) is 1. The monoisotopic (exact) mass is 294 g/mol. The zero-order chi connectivity index (χ0) is 15.4. The van der Waals surface area contributed by atoms with Gasteiger partial charge in [-0.15, -0.1) is 6.58 Å². The Balaban J connectivity index is 1.74. The van der Waals surface area contributed by atoms with Crippen molar-refractivity contribution < 1.29 is 14.3 Å². The normalized spacial score (nSPS) is 13.3. The summed E-state index contributed by atoms with van der Waals surface area (Å²) in [7, 11) is 0. The van der Waals surface area contributed by atoms with Gasteiger partial charge in [-0.05, 0) is 17.0 Å². The Labute approximate surface area is 129 Å². The average Bonchev–Trinajstić information content (AvgIpc) is 2.55. The molecule has 2 aromatic rings. The van der Waals surface area contributed by atoms with Gasteiger partial charge in [0.1, 0.15) is 0 Å². The standard InChI is InChI=1S/C19H18O3/c1-2-9-21-10-11-22-13-16-12-15-7-3-5-14-6-4-8-17(18(14)15)19(16)20/h2-8,12H,1,9-11,13H2. The molecule has 0 aromatic heterocycles. The summed E-state index contributed by atoms with van der Waals surface area (Å²) in [6.07, 6.45) is 3.63. The molecule has 0 N–H and O–H groups in total. The molecule has 0 spiro atoms. The highest BCUT2D eigenvalue weighted by Crippen LogP contribution is 2.31. The van der Waals surface area contributed by atoms with E-state index >= 15 is 0 Å². The molecular weight excluding hydrogens is 276 g/mol. The number of hydrogen-bond donors (Lipinski definition) is 0. The first kappa shape index (κ1) is 14.7. The number of carbonyl (C=O) groups is 1. The molecule has 0 heterocycles. The zero-order valence-electron chi connectivity index (χ0n) is 12.4. The van der Waals surface area contributed by atoms with Gasteiger partial charge >= 0.3 is 0 Å². The summed E-state index contributed by atoms with van der Waals surface area (Å²) in [6.45, 7) is 5.37. The lowest BCUT2D eigenvalue weighted by molar-refractivity contribution is 0.0661. The molecule has 3 nitrogen and oxygen atoms in total. The SMILES string of the molecule is C=CCOCCOCC1=Cc2cccc3cccc(c23)C1=O. The van der Waals surface area contributed by atoms with Crippen molar-refractivity contribution in [3.63, 3.8) is 0 Å². The van der Waals surface area contributed by atoms with Crippen LogP contribution in [0.2, 0.25) is 0 Å². The van der Waals surface area contributed by atoms with Gasteiger partial charge < -0.3 is 9.47 Å². The van der Waals surface area contributed by atoms with E-state index in [0.29, 0.717) is 32.0 Å². The van der Waals surface area contributed by atoms with Crippen molar-refractivity contribution in [1.82, 2.24) is 0 Å². The summed E-state index contributed by atoms with van der Waals surface area (Å²) in [5.41, 5.74) is 2.53. The highest BCUT2D eigenvalue weighted by Gasteiger charge is 2.21. The topological polar surface area (TPSA) is 35.5 Å². The molecule has 1 aliphatic rings. The number of ether oxygens (including phenoxy) is 2. The van der Waals surface area contributed by atoms with Gasteiger partial charge in [0.25, 0.3) is 0 Å². The molecule has 3 rings (SSSR count). The van der Waals surface area contributed by atoms with E-state index < -0.39 is 0 Å². The third-order valence-electron chi connectivity index (χ3n) is 3.67. The smallest absolute Gasteiger partial charge is 0.192 e. The largest absolute Gasteiger partial charge is 0.375 e. The van der Waals surface area contributed by atoms with Crippen LogP contribution in [-0.2, 0) is 9.47 Å². The molecule has 0 amide bonds. The maximum atomic E-state index is 12.6. The first-order valence-corrected chi connectivity index (χ1v) is 7.34. The van der Waals surface area contributed by atoms with Crippen molar-refractivity contribution in [3.8, 4) is 0 Å². The molecule has 0 radical (unpaired) electrons. The Morgan fingerprint density at radius 2 is 1.82 bits per heavy atom. The predicted molar refractivity (Wildman–Crippen MR) is 88.1 cm³/mol. The van der Waals surface area contributed by atoms with Gasteiger partial charge in [-0.2, -0.15) is 0 Å². The van der Waals surface area contributed by atoms with E-state index in [1.54, 1.807) is 6.08 Å². The van der Waals surface area contributed by atoms with Crippen molar-refractivity contribution in [1.29, 1.82) is 0 Å². The summed E-state index contributed by atoms with van der Waals surface area (Å²) >= 11 is 0. The van der Waals surface area contributed by atoms with Crippen LogP contribution in [0, 0.1) is 0 Å². The van der Waals surface area contributed by atoms with Crippen LogP contribution in [0.3, 0.4) is 0 Å². The van der Waals surface area contributed by atoms with Crippen LogP contribution in [0.25, 0.3) is 16.8 Å². The van der Waals surface area contributed by atoms with E-state index in [2.05, 4.69) is 6.58 Å². The number of benzene rings is 2. The molecule has 0 saturated heterocycles. The van der Waals surface area contributed by atoms with Gasteiger partial charge in [-0.1, -0.05) is 42.5 Å². The van der Waals surface area contributed by atoms with Gasteiger partial charge in [-0.3, -0.25) is 4.79 Å². The van der Waals surface area contributed by atoms with Gasteiger partial charge in [0.15, 0.2) is 5.78 Å². The molecule has 2 aromatic carbocycles. The molecule has 0 saturated carbocycles. The van der Waals surface area contributed by atoms with Crippen LogP contribution in [0.4, 0.5) is 0 Å². The Morgan fingerprint density at radius 1 is 1.05 bits per heavy atom. The van der Waals surface area contributed by atoms with E-state index in [1.807, 2.05) is 42.5 Å². The molecule has 0 bridgehead atoms. The Bertz CT molecular complexity index is 738. The molecule has 22 heavy (non-hydrogen) atoms. The molecule has 3 heteroatoms. The molecule has 0 unspecified atom stereocenters. The van der Waals surface area contributed by atoms with Gasteiger partial charge in [0.05, 0.1) is 26.4 Å². The van der Waals surface area contributed by atoms with Gasteiger partial charge in [0, 0.05) is 16.5 Å². The minimum atomic E-state index is 0.0521. The van der Waals surface area contributed by atoms with Crippen LogP contribution in [0.15, 0.2) is 54.6 Å². The number of hydrogen-bond acceptors (Lipinski definition) is 3. The number of carbonyl (C=O) groups excluding carboxylic acids is 1. The van der Waals surface area contributed by atoms with Crippen molar-refractivity contribution in [2.75, 3.05) is 26.4 Å². The van der Waals surface area contributed by atoms with E-state index in [4.69, 9.17) is 9.47 Å². The third-order valence-corrected chi connectivity index (χ3v) is 3.67. The lowest BCUT2D eigenvalue weighted by Gasteiger charge is -2.17. The van der Waals surface area contributed by atoms with Gasteiger partial charge in [0.2, 0.25) is 0 Å². The Hall–Kier alpha value is -2.23. The minimum absolute atomic E-state index is 0.0521. The molecule has 1 aliphatic carbocycles. The highest BCUT2D eigenvalue weighted by molar-refractivity contribution is 6.22. The van der Waals surface area contributed by atoms with Crippen LogP contribution < -0.4 is 0 Å². The van der Waals surface area contributed by atoms with Crippen molar-refractivity contribution in [2.45, 2.75) is 0 Å². The Kier molecular flexibility index (Phi) is 4.47. The highest BCUT2D eigenvalue weighted by atomic mass is 16.5. The van der Waals surface area contributed by atoms with Crippen LogP contribution in [0.5, 0.6) is 0 Å². The van der Waals surface area contributed by atoms with Gasteiger partial charge in [-0.25, -0.2) is 0 Å². The lowest BCUT2D eigenvalue weighted by Crippen LogP contribution is -2.15. The summed E-state index contributed by atoms with van der Waals surface area (Å²) < 4.78 is 10.8. The summed E-state index contributed by atoms with van der Waals surface area (Å²) in [6, 6.07) is 11.9. The van der Waals surface area contributed by atoms with E-state index in [0.717, 1.165) is 21.9 Å². The lowest BCUT2D eigenvalue weighted by atomic mass is 9.88. The fourth-order valence-corrected chi connectivity index (χ4v) is 2.68. The fourth-order valence-electron chi connectivity index (χ4n) is 2.68. The second kappa shape index (κ2) is 6.69. The third kappa shape index (κ3) is 2.86. The number of ketones is 1. The van der Waals surface area contributed by atoms with Crippen LogP contribution >= 0.6 is 0 Å². The predicted octanol–water partition coefficient (Wildman–Crippen LogP) is 3.64. The summed E-state index contributed by atoms with van der Waals surface area (Å²) in [5, 5.41) is 2.13. The second-order valence-electron chi connectivity index (χ2n) is 5.17. The van der Waals surface area contributed by atoms with Crippen molar-refractivity contribution in [2.24, 2.45) is 0 Å². The van der Waals surface area contributed by atoms with E-state index in [-0.39, 0.29) is 5.78 Å². The summed E-state index contributed by atoms with van der Waals surface area (Å²) in [5.74, 6) is 0.0521. The minimum Gasteiger partial charge on any atom is -0.375 e. The maximum Gasteiger partial charge on any atom is 0.192 e. The first-order chi connectivity index (χ1) is 10.8. The summed E-state index contributed by atoms with van der Waals surface area (Å²) in [4.78, 5) is 12.6. The molecular formula is C19H18O3. The fraction of sp³-hybridized carbons (Fsp3) is 0.211. The molecule has 0 fully saturated rings. The average molecular weight is 294 g/mol. The van der Waals surface area contributed by atoms with Crippen LogP contribution in [0.1, 0.15) is 15.9 Å². The molecule has 112 valence electrons. The quantitative estimate of drug-likeness (QED) is 0.578. The van der Waals surface area contributed by atoms with Crippen LogP contribution in [-0.4, -0.2) is 32.2 Å². The van der Waals surface area contributed by atoms with E-state index in [9.17, 15) is 4.79 Å². The molecule has 0 atom stereocenters. The number of rotatable bonds is 7. The zero-order valence-corrected chi connectivity index (χ0v) is 12.4. The Morgan fingerprint density at radius 3 is 2.64 bits per heavy atom. The maximum absolute atomic E-state index is 12.6. The van der Waals surface area contributed by atoms with Crippen molar-refractivity contribution in [3.05, 3.63) is 65.8 Å². The molecule has 0 aliphatic heterocycles. The van der Waals surface area contributed by atoms with Crippen molar-refractivity contribution >= 4 is 22.6 Å². The first-order valence-electron chi connectivity index (χ1n) is 7.34. The second-order valence-corrected chi connectivity index (χ2v) is 5.17.